The molecule has 0 aliphatic rings. The number of nitrogens with zero attached hydrogens (tertiary/aromatic N) is 1. The van der Waals surface area contributed by atoms with Crippen molar-refractivity contribution in [3.05, 3.63) is 59.0 Å². The first-order valence-corrected chi connectivity index (χ1v) is 6.71. The van der Waals surface area contributed by atoms with E-state index in [9.17, 15) is 4.39 Å². The summed E-state index contributed by atoms with van der Waals surface area (Å²) in [5.41, 5.74) is 2.37. The number of aromatic nitrogens is 1. The van der Waals surface area contributed by atoms with Crippen LogP contribution in [0.2, 0.25) is 0 Å². The summed E-state index contributed by atoms with van der Waals surface area (Å²) in [6, 6.07) is 10.8. The lowest BCUT2D eigenvalue weighted by molar-refractivity contribution is 0.285. The zero-order valence-corrected chi connectivity index (χ0v) is 12.4. The topological polar surface area (TPSA) is 22.1 Å². The smallest absolute Gasteiger partial charge is 0.213 e. The molecule has 0 N–H and O–H groups in total. The lowest BCUT2D eigenvalue weighted by Gasteiger charge is -2.18. The Morgan fingerprint density at radius 3 is 2.55 bits per heavy atom. The summed E-state index contributed by atoms with van der Waals surface area (Å²) in [6.07, 6.45) is 0. The molecule has 2 nitrogen and oxygen atoms in total. The summed E-state index contributed by atoms with van der Waals surface area (Å²) in [6.45, 7) is 8.34. The molecule has 0 atom stereocenters. The van der Waals surface area contributed by atoms with Crippen LogP contribution in [0.4, 0.5) is 4.39 Å². The molecule has 0 amide bonds. The van der Waals surface area contributed by atoms with Gasteiger partial charge in [-0.05, 0) is 24.6 Å². The summed E-state index contributed by atoms with van der Waals surface area (Å²) in [5, 5.41) is 0. The molecule has 0 unspecified atom stereocenters. The first kappa shape index (κ1) is 14.5. The van der Waals surface area contributed by atoms with E-state index in [0.29, 0.717) is 11.4 Å². The van der Waals surface area contributed by atoms with Gasteiger partial charge in [0.15, 0.2) is 0 Å². The van der Waals surface area contributed by atoms with E-state index in [1.54, 1.807) is 12.1 Å². The Morgan fingerprint density at radius 2 is 1.90 bits per heavy atom. The number of ether oxygens (including phenoxy) is 1. The zero-order valence-electron chi connectivity index (χ0n) is 12.4. The summed E-state index contributed by atoms with van der Waals surface area (Å²) >= 11 is 0. The van der Waals surface area contributed by atoms with Crippen LogP contribution in [-0.4, -0.2) is 4.98 Å². The number of benzene rings is 1. The molecule has 0 aliphatic carbocycles. The third-order valence-electron chi connectivity index (χ3n) is 3.08. The standard InChI is InChI=1S/C17H20FNO/c1-12-8-9-13(14(18)10-12)11-20-16-7-5-6-15(19-16)17(2,3)4/h5-10H,11H2,1-4H3. The number of halogens is 1. The molecular weight excluding hydrogens is 253 g/mol. The van der Waals surface area contributed by atoms with Crippen molar-refractivity contribution in [2.75, 3.05) is 0 Å². The van der Waals surface area contributed by atoms with Gasteiger partial charge in [0.1, 0.15) is 12.4 Å². The first-order chi connectivity index (χ1) is 9.36. The van der Waals surface area contributed by atoms with Gasteiger partial charge < -0.3 is 4.74 Å². The Balaban J connectivity index is 2.11. The highest BCUT2D eigenvalue weighted by molar-refractivity contribution is 5.24. The van der Waals surface area contributed by atoms with E-state index in [-0.39, 0.29) is 17.8 Å². The van der Waals surface area contributed by atoms with Crippen LogP contribution in [-0.2, 0) is 12.0 Å². The predicted octanol–water partition coefficient (Wildman–Crippen LogP) is 4.41. The van der Waals surface area contributed by atoms with Crippen LogP contribution in [0, 0.1) is 12.7 Å². The molecule has 1 aromatic carbocycles. The van der Waals surface area contributed by atoms with Gasteiger partial charge in [0.25, 0.3) is 0 Å². The van der Waals surface area contributed by atoms with Crippen molar-refractivity contribution in [2.45, 2.75) is 39.7 Å². The van der Waals surface area contributed by atoms with Crippen molar-refractivity contribution < 1.29 is 9.13 Å². The minimum Gasteiger partial charge on any atom is -0.473 e. The monoisotopic (exact) mass is 273 g/mol. The number of rotatable bonds is 3. The van der Waals surface area contributed by atoms with Crippen LogP contribution in [0.5, 0.6) is 5.88 Å². The highest BCUT2D eigenvalue weighted by Crippen LogP contribution is 2.22. The van der Waals surface area contributed by atoms with Gasteiger partial charge in [-0.25, -0.2) is 9.37 Å². The molecule has 106 valence electrons. The molecule has 2 rings (SSSR count). The Labute approximate surface area is 119 Å². The van der Waals surface area contributed by atoms with E-state index in [1.165, 1.54) is 6.07 Å². The second-order valence-corrected chi connectivity index (χ2v) is 5.99. The largest absolute Gasteiger partial charge is 0.473 e. The summed E-state index contributed by atoms with van der Waals surface area (Å²) in [5.74, 6) is 0.286. The fourth-order valence-corrected chi connectivity index (χ4v) is 1.83. The molecule has 20 heavy (non-hydrogen) atoms. The SMILES string of the molecule is Cc1ccc(COc2cccc(C(C)(C)C)n2)c(F)c1. The van der Waals surface area contributed by atoms with Crippen LogP contribution in [0.1, 0.15) is 37.6 Å². The Morgan fingerprint density at radius 1 is 1.15 bits per heavy atom. The van der Waals surface area contributed by atoms with Crippen LogP contribution in [0.3, 0.4) is 0 Å². The zero-order chi connectivity index (χ0) is 14.8. The fourth-order valence-electron chi connectivity index (χ4n) is 1.83. The maximum Gasteiger partial charge on any atom is 0.213 e. The van der Waals surface area contributed by atoms with Crippen molar-refractivity contribution in [3.8, 4) is 5.88 Å². The second-order valence-electron chi connectivity index (χ2n) is 5.99. The predicted molar refractivity (Wildman–Crippen MR) is 78.4 cm³/mol. The normalized spacial score (nSPS) is 11.4. The quantitative estimate of drug-likeness (QED) is 0.826. The maximum atomic E-state index is 13.7. The molecule has 0 aliphatic heterocycles. The molecule has 0 saturated carbocycles. The van der Waals surface area contributed by atoms with Crippen LogP contribution < -0.4 is 4.74 Å². The molecule has 1 heterocycles. The van der Waals surface area contributed by atoms with Crippen molar-refractivity contribution in [2.24, 2.45) is 0 Å². The number of pyridine rings is 1. The molecule has 1 aromatic heterocycles. The van der Waals surface area contributed by atoms with Gasteiger partial charge in [-0.15, -0.1) is 0 Å². The number of aryl methyl sites for hydroxylation is 1. The van der Waals surface area contributed by atoms with Gasteiger partial charge in [-0.2, -0.15) is 0 Å². The highest BCUT2D eigenvalue weighted by Gasteiger charge is 2.15. The molecular formula is C17H20FNO. The van der Waals surface area contributed by atoms with E-state index in [4.69, 9.17) is 4.74 Å². The molecule has 2 aromatic rings. The van der Waals surface area contributed by atoms with E-state index < -0.39 is 0 Å². The first-order valence-electron chi connectivity index (χ1n) is 6.71. The van der Waals surface area contributed by atoms with E-state index in [0.717, 1.165) is 11.3 Å². The Kier molecular flexibility index (Phi) is 4.07. The van der Waals surface area contributed by atoms with E-state index in [1.807, 2.05) is 25.1 Å². The van der Waals surface area contributed by atoms with Crippen LogP contribution in [0.15, 0.2) is 36.4 Å². The molecule has 3 heteroatoms. The second kappa shape index (κ2) is 5.61. The van der Waals surface area contributed by atoms with Gasteiger partial charge in [0, 0.05) is 22.7 Å². The van der Waals surface area contributed by atoms with Crippen LogP contribution in [0.25, 0.3) is 0 Å². The highest BCUT2D eigenvalue weighted by atomic mass is 19.1. The third-order valence-corrected chi connectivity index (χ3v) is 3.08. The molecule has 0 saturated heterocycles. The van der Waals surface area contributed by atoms with Gasteiger partial charge >= 0.3 is 0 Å². The molecule has 0 spiro atoms. The van der Waals surface area contributed by atoms with Crippen LogP contribution >= 0.6 is 0 Å². The average Bonchev–Trinajstić information content (AvgIpc) is 2.37. The summed E-state index contributed by atoms with van der Waals surface area (Å²) < 4.78 is 19.3. The summed E-state index contributed by atoms with van der Waals surface area (Å²) in [4.78, 5) is 4.46. The maximum absolute atomic E-state index is 13.7. The van der Waals surface area contributed by atoms with Gasteiger partial charge in [0.05, 0.1) is 0 Å². The summed E-state index contributed by atoms with van der Waals surface area (Å²) in [7, 11) is 0. The number of hydrogen-bond acceptors (Lipinski definition) is 2. The minimum atomic E-state index is -0.239. The molecule has 0 radical (unpaired) electrons. The fraction of sp³-hybridized carbons (Fsp3) is 0.353. The Hall–Kier alpha value is -1.90. The average molecular weight is 273 g/mol. The minimum absolute atomic E-state index is 0.0333. The molecule has 0 fully saturated rings. The number of hydrogen-bond donors (Lipinski definition) is 0. The lowest BCUT2D eigenvalue weighted by Crippen LogP contribution is -2.13. The van der Waals surface area contributed by atoms with Gasteiger partial charge in [0.2, 0.25) is 5.88 Å². The van der Waals surface area contributed by atoms with Gasteiger partial charge in [-0.3, -0.25) is 0 Å². The Bertz CT molecular complexity index is 602. The van der Waals surface area contributed by atoms with Crippen molar-refractivity contribution in [3.63, 3.8) is 0 Å². The van der Waals surface area contributed by atoms with Crippen molar-refractivity contribution in [1.82, 2.24) is 4.98 Å². The van der Waals surface area contributed by atoms with Gasteiger partial charge in [-0.1, -0.05) is 39.0 Å². The van der Waals surface area contributed by atoms with E-state index in [2.05, 4.69) is 25.8 Å². The lowest BCUT2D eigenvalue weighted by atomic mass is 9.92. The molecule has 0 bridgehead atoms. The van der Waals surface area contributed by atoms with E-state index >= 15 is 0 Å². The van der Waals surface area contributed by atoms with Crippen molar-refractivity contribution in [1.29, 1.82) is 0 Å². The van der Waals surface area contributed by atoms with Crippen molar-refractivity contribution >= 4 is 0 Å². The third kappa shape index (κ3) is 3.56.